The second kappa shape index (κ2) is 9.16. The van der Waals surface area contributed by atoms with Crippen molar-refractivity contribution in [3.63, 3.8) is 0 Å². The topological polar surface area (TPSA) is 88.8 Å². The van der Waals surface area contributed by atoms with Gasteiger partial charge in [0.25, 0.3) is 11.8 Å². The lowest BCUT2D eigenvalue weighted by Gasteiger charge is -2.38. The highest BCUT2D eigenvalue weighted by atomic mass is 16.5. The highest BCUT2D eigenvalue weighted by molar-refractivity contribution is 5.94. The first-order valence-electron chi connectivity index (χ1n) is 10.6. The standard InChI is InChI=1S/C23H27N5O3/c1-16-6-5-7-17(2)28(16)22(29)15-31-19-11-9-18(10-12-19)23(30)24-14-21-26-25-20-8-3-4-13-27(20)21/h3-4,8-13,16-17H,5-7,14-15H2,1-2H3,(H,24,30). The predicted octanol–water partition coefficient (Wildman–Crippen LogP) is 2.83. The average molecular weight is 422 g/mol. The molecular weight excluding hydrogens is 394 g/mol. The van der Waals surface area contributed by atoms with Crippen LogP contribution in [0.5, 0.6) is 5.75 Å². The molecular formula is C23H27N5O3. The summed E-state index contributed by atoms with van der Waals surface area (Å²) in [7, 11) is 0. The Morgan fingerprint density at radius 2 is 1.81 bits per heavy atom. The predicted molar refractivity (Wildman–Crippen MR) is 116 cm³/mol. The Hall–Kier alpha value is -3.42. The van der Waals surface area contributed by atoms with Crippen molar-refractivity contribution in [3.05, 3.63) is 60.0 Å². The Labute approximate surface area is 181 Å². The summed E-state index contributed by atoms with van der Waals surface area (Å²) in [6, 6.07) is 12.9. The van der Waals surface area contributed by atoms with E-state index in [-0.39, 0.29) is 37.0 Å². The SMILES string of the molecule is CC1CCCC(C)N1C(=O)COc1ccc(C(=O)NCc2nnc3ccccn23)cc1. The molecule has 1 saturated heterocycles. The number of rotatable bonds is 6. The molecule has 0 bridgehead atoms. The van der Waals surface area contributed by atoms with Gasteiger partial charge in [-0.3, -0.25) is 14.0 Å². The normalized spacial score (nSPS) is 18.7. The van der Waals surface area contributed by atoms with Crippen molar-refractivity contribution in [1.29, 1.82) is 0 Å². The Morgan fingerprint density at radius 1 is 1.06 bits per heavy atom. The van der Waals surface area contributed by atoms with E-state index in [0.29, 0.717) is 17.1 Å². The summed E-state index contributed by atoms with van der Waals surface area (Å²) in [6.45, 7) is 4.44. The van der Waals surface area contributed by atoms with Gasteiger partial charge in [0.15, 0.2) is 18.1 Å². The zero-order valence-electron chi connectivity index (χ0n) is 17.8. The van der Waals surface area contributed by atoms with Crippen molar-refractivity contribution < 1.29 is 14.3 Å². The van der Waals surface area contributed by atoms with Crippen molar-refractivity contribution in [2.24, 2.45) is 0 Å². The first kappa shape index (κ1) is 20.8. The van der Waals surface area contributed by atoms with Crippen molar-refractivity contribution >= 4 is 17.5 Å². The van der Waals surface area contributed by atoms with Crippen molar-refractivity contribution in [3.8, 4) is 5.75 Å². The van der Waals surface area contributed by atoms with Crippen molar-refractivity contribution in [2.75, 3.05) is 6.61 Å². The molecule has 1 N–H and O–H groups in total. The maximum absolute atomic E-state index is 12.6. The number of benzene rings is 1. The molecule has 0 radical (unpaired) electrons. The number of ether oxygens (including phenoxy) is 1. The third-order valence-electron chi connectivity index (χ3n) is 5.75. The van der Waals surface area contributed by atoms with Gasteiger partial charge in [0.2, 0.25) is 0 Å². The molecule has 3 heterocycles. The van der Waals surface area contributed by atoms with Crippen LogP contribution in [-0.4, -0.2) is 50.0 Å². The molecule has 2 atom stereocenters. The van der Waals surface area contributed by atoms with E-state index in [1.165, 1.54) is 0 Å². The Balaban J connectivity index is 1.30. The van der Waals surface area contributed by atoms with E-state index >= 15 is 0 Å². The fraction of sp³-hybridized carbons (Fsp3) is 0.391. The van der Waals surface area contributed by atoms with Gasteiger partial charge < -0.3 is 15.0 Å². The Morgan fingerprint density at radius 3 is 2.55 bits per heavy atom. The molecule has 2 aromatic heterocycles. The van der Waals surface area contributed by atoms with Gasteiger partial charge in [-0.05, 0) is 69.5 Å². The van der Waals surface area contributed by atoms with Crippen LogP contribution in [0.25, 0.3) is 5.65 Å². The highest BCUT2D eigenvalue weighted by Crippen LogP contribution is 2.23. The third-order valence-corrected chi connectivity index (χ3v) is 5.75. The van der Waals surface area contributed by atoms with Gasteiger partial charge in [-0.1, -0.05) is 6.07 Å². The highest BCUT2D eigenvalue weighted by Gasteiger charge is 2.28. The zero-order chi connectivity index (χ0) is 21.8. The Kier molecular flexibility index (Phi) is 6.16. The Bertz CT molecular complexity index is 1050. The van der Waals surface area contributed by atoms with Crippen LogP contribution in [-0.2, 0) is 11.3 Å². The summed E-state index contributed by atoms with van der Waals surface area (Å²) in [5.74, 6) is 1.00. The molecule has 0 saturated carbocycles. The maximum atomic E-state index is 12.6. The lowest BCUT2D eigenvalue weighted by Crippen LogP contribution is -2.49. The molecule has 1 aliphatic heterocycles. The number of likely N-dealkylation sites (tertiary alicyclic amines) is 1. The van der Waals surface area contributed by atoms with Crippen LogP contribution >= 0.6 is 0 Å². The number of nitrogens with one attached hydrogen (secondary N) is 1. The molecule has 4 rings (SSSR count). The van der Waals surface area contributed by atoms with Crippen LogP contribution in [0.3, 0.4) is 0 Å². The van der Waals surface area contributed by atoms with E-state index in [1.807, 2.05) is 33.7 Å². The van der Waals surface area contributed by atoms with Crippen LogP contribution < -0.4 is 10.1 Å². The smallest absolute Gasteiger partial charge is 0.260 e. The summed E-state index contributed by atoms with van der Waals surface area (Å²) in [4.78, 5) is 27.0. The lowest BCUT2D eigenvalue weighted by molar-refractivity contribution is -0.139. The summed E-state index contributed by atoms with van der Waals surface area (Å²) in [5, 5.41) is 11.0. The number of nitrogens with zero attached hydrogens (tertiary/aromatic N) is 4. The van der Waals surface area contributed by atoms with Crippen LogP contribution in [0.15, 0.2) is 48.7 Å². The minimum atomic E-state index is -0.216. The van der Waals surface area contributed by atoms with Gasteiger partial charge in [0.05, 0.1) is 6.54 Å². The number of carbonyl (C=O) groups excluding carboxylic acids is 2. The third kappa shape index (κ3) is 4.68. The molecule has 1 aliphatic rings. The van der Waals surface area contributed by atoms with Crippen molar-refractivity contribution in [2.45, 2.75) is 51.7 Å². The second-order valence-corrected chi connectivity index (χ2v) is 7.97. The summed E-state index contributed by atoms with van der Waals surface area (Å²) in [6.07, 6.45) is 5.08. The number of pyridine rings is 1. The van der Waals surface area contributed by atoms with Gasteiger partial charge in [-0.2, -0.15) is 0 Å². The molecule has 2 unspecified atom stereocenters. The van der Waals surface area contributed by atoms with E-state index in [2.05, 4.69) is 29.4 Å². The molecule has 8 heteroatoms. The minimum absolute atomic E-state index is 0.000178. The number of aromatic nitrogens is 3. The molecule has 1 fully saturated rings. The lowest BCUT2D eigenvalue weighted by atomic mass is 9.97. The number of amides is 2. The van der Waals surface area contributed by atoms with Crippen LogP contribution in [0.2, 0.25) is 0 Å². The van der Waals surface area contributed by atoms with E-state index in [0.717, 1.165) is 24.9 Å². The number of piperidine rings is 1. The van der Waals surface area contributed by atoms with Gasteiger partial charge in [0, 0.05) is 23.8 Å². The van der Waals surface area contributed by atoms with E-state index in [1.54, 1.807) is 24.3 Å². The van der Waals surface area contributed by atoms with Crippen LogP contribution in [0.1, 0.15) is 49.3 Å². The molecule has 2 amide bonds. The monoisotopic (exact) mass is 421 g/mol. The number of carbonyl (C=O) groups is 2. The largest absolute Gasteiger partial charge is 0.484 e. The first-order valence-corrected chi connectivity index (χ1v) is 10.6. The summed E-state index contributed by atoms with van der Waals surface area (Å²) in [5.41, 5.74) is 1.24. The van der Waals surface area contributed by atoms with E-state index < -0.39 is 0 Å². The maximum Gasteiger partial charge on any atom is 0.260 e. The molecule has 31 heavy (non-hydrogen) atoms. The molecule has 1 aromatic carbocycles. The van der Waals surface area contributed by atoms with Gasteiger partial charge >= 0.3 is 0 Å². The van der Waals surface area contributed by atoms with Gasteiger partial charge in [-0.25, -0.2) is 0 Å². The van der Waals surface area contributed by atoms with E-state index in [4.69, 9.17) is 4.74 Å². The minimum Gasteiger partial charge on any atom is -0.484 e. The second-order valence-electron chi connectivity index (χ2n) is 7.97. The van der Waals surface area contributed by atoms with Crippen LogP contribution in [0, 0.1) is 0 Å². The quantitative estimate of drug-likeness (QED) is 0.661. The zero-order valence-corrected chi connectivity index (χ0v) is 17.8. The average Bonchev–Trinajstić information content (AvgIpc) is 3.19. The molecule has 8 nitrogen and oxygen atoms in total. The number of hydrogen-bond donors (Lipinski definition) is 1. The first-order chi connectivity index (χ1) is 15.0. The fourth-order valence-corrected chi connectivity index (χ4v) is 4.11. The number of hydrogen-bond acceptors (Lipinski definition) is 5. The molecule has 3 aromatic rings. The summed E-state index contributed by atoms with van der Waals surface area (Å²) >= 11 is 0. The molecule has 0 aliphatic carbocycles. The van der Waals surface area contributed by atoms with Crippen molar-refractivity contribution in [1.82, 2.24) is 24.8 Å². The van der Waals surface area contributed by atoms with Gasteiger partial charge in [-0.15, -0.1) is 10.2 Å². The van der Waals surface area contributed by atoms with E-state index in [9.17, 15) is 9.59 Å². The number of fused-ring (bicyclic) bond motifs is 1. The molecule has 162 valence electrons. The molecule has 0 spiro atoms. The summed E-state index contributed by atoms with van der Waals surface area (Å²) < 4.78 is 7.51. The van der Waals surface area contributed by atoms with Crippen LogP contribution in [0.4, 0.5) is 0 Å². The fourth-order valence-electron chi connectivity index (χ4n) is 4.11. The van der Waals surface area contributed by atoms with Gasteiger partial charge in [0.1, 0.15) is 5.75 Å².